The fourth-order valence-electron chi connectivity index (χ4n) is 8.46. The lowest BCUT2D eigenvalue weighted by Crippen LogP contribution is -2.58. The number of nitrogens with two attached hydrogens (primary N) is 1. The molecule has 6 atom stereocenters. The summed E-state index contributed by atoms with van der Waals surface area (Å²) in [7, 11) is 0. The Morgan fingerprint density at radius 1 is 1.03 bits per heavy atom. The first-order chi connectivity index (χ1) is 17.6. The normalized spacial score (nSPS) is 41.6. The van der Waals surface area contributed by atoms with Gasteiger partial charge in [-0.1, -0.05) is 12.1 Å². The van der Waals surface area contributed by atoms with Gasteiger partial charge in [-0.05, 0) is 86.3 Å². The number of halogens is 1. The number of carboxylic acid groups (broad SMARTS) is 1. The van der Waals surface area contributed by atoms with Crippen molar-refractivity contribution in [2.24, 2.45) is 46.7 Å². The van der Waals surface area contributed by atoms with E-state index in [9.17, 15) is 23.9 Å². The second kappa shape index (κ2) is 8.76. The molecule has 3 N–H and O–H groups in total. The SMILES string of the molecule is C[C@H](OC(=O)[C@H]1[C@@H]2C[C@@H](OCc3ccc(F)cc3)[C@@](N)(C(=O)O)[C@@H]21)OC(=O)C12CC3CC(CC(C3)C1)C2. The Kier molecular flexibility index (Phi) is 5.87. The van der Waals surface area contributed by atoms with Gasteiger partial charge in [0, 0.05) is 12.8 Å². The maximum Gasteiger partial charge on any atom is 0.326 e. The quantitative estimate of drug-likeness (QED) is 0.399. The Hall–Kier alpha value is -2.52. The van der Waals surface area contributed by atoms with Crippen LogP contribution in [0.1, 0.15) is 57.4 Å². The molecular weight excluding hydrogens is 481 g/mol. The summed E-state index contributed by atoms with van der Waals surface area (Å²) < 4.78 is 30.1. The van der Waals surface area contributed by atoms with Gasteiger partial charge in [0.1, 0.15) is 11.4 Å². The molecule has 37 heavy (non-hydrogen) atoms. The highest BCUT2D eigenvalue weighted by molar-refractivity contribution is 5.87. The molecule has 0 radical (unpaired) electrons. The molecule has 0 aromatic heterocycles. The molecule has 6 fully saturated rings. The number of fused-ring (bicyclic) bond motifs is 1. The fourth-order valence-corrected chi connectivity index (χ4v) is 8.46. The molecule has 8 nitrogen and oxygen atoms in total. The zero-order valence-corrected chi connectivity index (χ0v) is 20.9. The van der Waals surface area contributed by atoms with Crippen LogP contribution in [-0.4, -0.2) is 40.9 Å². The molecule has 9 heteroatoms. The summed E-state index contributed by atoms with van der Waals surface area (Å²) in [5.41, 5.74) is 4.86. The molecule has 7 rings (SSSR count). The highest BCUT2D eigenvalue weighted by atomic mass is 19.1. The average molecular weight is 516 g/mol. The predicted molar refractivity (Wildman–Crippen MR) is 127 cm³/mol. The smallest absolute Gasteiger partial charge is 0.326 e. The lowest BCUT2D eigenvalue weighted by Gasteiger charge is -2.55. The van der Waals surface area contributed by atoms with Crippen LogP contribution in [0.4, 0.5) is 4.39 Å². The lowest BCUT2D eigenvalue weighted by molar-refractivity contribution is -0.202. The van der Waals surface area contributed by atoms with E-state index in [4.69, 9.17) is 19.9 Å². The Morgan fingerprint density at radius 2 is 1.62 bits per heavy atom. The second-order valence-corrected chi connectivity index (χ2v) is 12.2. The fraction of sp³-hybridized carbons (Fsp3) is 0.679. The van der Waals surface area contributed by atoms with Gasteiger partial charge in [-0.25, -0.2) is 4.39 Å². The van der Waals surface area contributed by atoms with E-state index in [0.29, 0.717) is 29.7 Å². The van der Waals surface area contributed by atoms with Gasteiger partial charge in [-0.2, -0.15) is 0 Å². The molecule has 0 spiro atoms. The maximum absolute atomic E-state index is 13.2. The van der Waals surface area contributed by atoms with Gasteiger partial charge in [-0.15, -0.1) is 0 Å². The van der Waals surface area contributed by atoms with E-state index in [1.165, 1.54) is 38.3 Å². The predicted octanol–water partition coefficient (Wildman–Crippen LogP) is 3.41. The molecule has 0 unspecified atom stereocenters. The van der Waals surface area contributed by atoms with Gasteiger partial charge < -0.3 is 25.1 Å². The summed E-state index contributed by atoms with van der Waals surface area (Å²) in [6, 6.07) is 5.74. The Labute approximate surface area is 215 Å². The van der Waals surface area contributed by atoms with Gasteiger partial charge in [-0.3, -0.25) is 14.4 Å². The van der Waals surface area contributed by atoms with Crippen LogP contribution in [0.25, 0.3) is 0 Å². The van der Waals surface area contributed by atoms with Crippen LogP contribution >= 0.6 is 0 Å². The van der Waals surface area contributed by atoms with Crippen molar-refractivity contribution in [3.05, 3.63) is 35.6 Å². The van der Waals surface area contributed by atoms with Gasteiger partial charge >= 0.3 is 17.9 Å². The van der Waals surface area contributed by atoms with E-state index in [2.05, 4.69) is 0 Å². The highest BCUT2D eigenvalue weighted by Gasteiger charge is 2.75. The molecule has 1 aromatic rings. The number of aliphatic carboxylic acids is 1. The molecule has 0 heterocycles. The summed E-state index contributed by atoms with van der Waals surface area (Å²) in [5.74, 6) is -2.26. The number of rotatable bonds is 8. The van der Waals surface area contributed by atoms with E-state index in [1.807, 2.05) is 0 Å². The Bertz CT molecular complexity index is 1070. The molecule has 200 valence electrons. The number of hydrogen-bond donors (Lipinski definition) is 2. The molecule has 0 saturated heterocycles. The first-order valence-electron chi connectivity index (χ1n) is 13.4. The third kappa shape index (κ3) is 4.14. The van der Waals surface area contributed by atoms with Gasteiger partial charge in [0.05, 0.1) is 24.0 Å². The van der Waals surface area contributed by atoms with E-state index >= 15 is 0 Å². The standard InChI is InChI=1S/C28H34FNO7/c1-14(37-26(34)27-10-16-6-17(11-27)8-18(7-16)12-27)36-24(31)22-20-9-21(28(30,23(20)22)25(32)33)35-13-15-2-4-19(29)5-3-15/h2-5,14,16-18,20-23H,6-13,30H2,1H3,(H,32,33)/t14-,16?,17?,18?,20+,21-,22+,23+,27?,28+/m1/s1. The lowest BCUT2D eigenvalue weighted by atomic mass is 9.49. The number of ether oxygens (including phenoxy) is 3. The number of carboxylic acids is 1. The first kappa shape index (κ1) is 24.8. The number of carbonyl (C=O) groups is 3. The molecule has 6 aliphatic carbocycles. The molecule has 0 aliphatic heterocycles. The van der Waals surface area contributed by atoms with Crippen LogP contribution in [-0.2, 0) is 35.2 Å². The summed E-state index contributed by atoms with van der Waals surface area (Å²) in [6.07, 6.45) is 4.67. The molecule has 4 bridgehead atoms. The van der Waals surface area contributed by atoms with E-state index in [1.54, 1.807) is 12.1 Å². The number of esters is 2. The minimum atomic E-state index is -1.74. The van der Waals surface area contributed by atoms with Crippen molar-refractivity contribution < 1.29 is 38.1 Å². The van der Waals surface area contributed by atoms with Crippen LogP contribution < -0.4 is 5.73 Å². The van der Waals surface area contributed by atoms with Gasteiger partial charge in [0.15, 0.2) is 0 Å². The summed E-state index contributed by atoms with van der Waals surface area (Å²) in [5, 5.41) is 9.95. The maximum atomic E-state index is 13.2. The minimum absolute atomic E-state index is 0.0863. The van der Waals surface area contributed by atoms with Crippen molar-refractivity contribution in [3.8, 4) is 0 Å². The van der Waals surface area contributed by atoms with Crippen molar-refractivity contribution >= 4 is 17.9 Å². The van der Waals surface area contributed by atoms with Gasteiger partial charge in [0.25, 0.3) is 0 Å². The topological polar surface area (TPSA) is 125 Å². The third-order valence-electron chi connectivity index (χ3n) is 9.77. The largest absolute Gasteiger partial charge is 0.480 e. The zero-order chi connectivity index (χ0) is 26.1. The van der Waals surface area contributed by atoms with Crippen molar-refractivity contribution in [3.63, 3.8) is 0 Å². The number of carbonyl (C=O) groups excluding carboxylic acids is 2. The molecular formula is C28H34FNO7. The first-order valence-corrected chi connectivity index (χ1v) is 13.4. The van der Waals surface area contributed by atoms with E-state index < -0.39 is 47.1 Å². The minimum Gasteiger partial charge on any atom is -0.480 e. The van der Waals surface area contributed by atoms with E-state index in [0.717, 1.165) is 19.3 Å². The molecule has 1 aromatic carbocycles. The third-order valence-corrected chi connectivity index (χ3v) is 9.77. The van der Waals surface area contributed by atoms with Crippen molar-refractivity contribution in [1.29, 1.82) is 0 Å². The van der Waals surface area contributed by atoms with Crippen molar-refractivity contribution in [2.75, 3.05) is 0 Å². The monoisotopic (exact) mass is 515 g/mol. The van der Waals surface area contributed by atoms with Crippen molar-refractivity contribution in [1.82, 2.24) is 0 Å². The number of benzene rings is 1. The zero-order valence-electron chi connectivity index (χ0n) is 20.9. The van der Waals surface area contributed by atoms with E-state index in [-0.39, 0.29) is 24.3 Å². The molecule has 6 saturated carbocycles. The Morgan fingerprint density at radius 3 is 2.19 bits per heavy atom. The highest BCUT2D eigenvalue weighted by Crippen LogP contribution is 2.63. The molecule has 0 amide bonds. The summed E-state index contributed by atoms with van der Waals surface area (Å²) >= 11 is 0. The van der Waals surface area contributed by atoms with Crippen molar-refractivity contribution in [2.45, 2.75) is 76.4 Å². The summed E-state index contributed by atoms with van der Waals surface area (Å²) in [4.78, 5) is 38.3. The summed E-state index contributed by atoms with van der Waals surface area (Å²) in [6.45, 7) is 1.62. The average Bonchev–Trinajstić information content (AvgIpc) is 3.48. The second-order valence-electron chi connectivity index (χ2n) is 12.2. The number of hydrogen-bond acceptors (Lipinski definition) is 7. The Balaban J connectivity index is 1.05. The van der Waals surface area contributed by atoms with Crippen LogP contribution in [0.3, 0.4) is 0 Å². The van der Waals surface area contributed by atoms with Crippen LogP contribution in [0.2, 0.25) is 0 Å². The van der Waals surface area contributed by atoms with Crippen LogP contribution in [0.5, 0.6) is 0 Å². The van der Waals surface area contributed by atoms with Crippen LogP contribution in [0.15, 0.2) is 24.3 Å². The van der Waals surface area contributed by atoms with Gasteiger partial charge in [0.2, 0.25) is 6.29 Å². The molecule has 6 aliphatic rings. The van der Waals surface area contributed by atoms with Crippen LogP contribution in [0, 0.1) is 46.7 Å².